The fraction of sp³-hybridized carbons (Fsp3) is 0.600. The van der Waals surface area contributed by atoms with E-state index >= 15 is 0 Å². The van der Waals surface area contributed by atoms with E-state index in [1.165, 1.54) is 25.8 Å². The smallest absolute Gasteiger partial charge is 0.121 e. The first-order chi connectivity index (χ1) is 8.74. The number of ether oxygens (including phenoxy) is 1. The number of nitrogen functional groups attached to an aromatic ring is 1. The lowest BCUT2D eigenvalue weighted by Gasteiger charge is -2.30. The molecule has 0 aliphatic heterocycles. The number of hydrogen-bond acceptors (Lipinski definition) is 3. The monoisotopic (exact) mass is 248 g/mol. The maximum absolute atomic E-state index is 5.70. The summed E-state index contributed by atoms with van der Waals surface area (Å²) >= 11 is 0. The summed E-state index contributed by atoms with van der Waals surface area (Å²) in [6, 6.07) is 7.62. The summed E-state index contributed by atoms with van der Waals surface area (Å²) in [5.41, 5.74) is 6.46. The molecule has 1 saturated carbocycles. The van der Waals surface area contributed by atoms with E-state index in [9.17, 15) is 0 Å². The number of nitrogens with zero attached hydrogens (tertiary/aromatic N) is 1. The second-order valence-electron chi connectivity index (χ2n) is 5.33. The number of hydrogen-bond donors (Lipinski definition) is 1. The standard InChI is InChI=1S/C15H24N2O/c1-17(12-13-5-2-6-13)9-4-10-18-15-8-3-7-14(16)11-15/h3,7-8,11,13H,2,4-6,9-10,12,16H2,1H3. The first-order valence-corrected chi connectivity index (χ1v) is 6.91. The molecule has 3 nitrogen and oxygen atoms in total. The highest BCUT2D eigenvalue weighted by atomic mass is 16.5. The van der Waals surface area contributed by atoms with Gasteiger partial charge in [-0.1, -0.05) is 12.5 Å². The van der Waals surface area contributed by atoms with Gasteiger partial charge in [-0.25, -0.2) is 0 Å². The van der Waals surface area contributed by atoms with Crippen LogP contribution in [0.5, 0.6) is 5.75 Å². The summed E-state index contributed by atoms with van der Waals surface area (Å²) in [5, 5.41) is 0. The van der Waals surface area contributed by atoms with Gasteiger partial charge in [-0.15, -0.1) is 0 Å². The molecule has 1 aliphatic rings. The lowest BCUT2D eigenvalue weighted by Crippen LogP contribution is -2.30. The molecule has 1 fully saturated rings. The molecule has 0 saturated heterocycles. The molecule has 0 spiro atoms. The van der Waals surface area contributed by atoms with E-state index in [2.05, 4.69) is 11.9 Å². The first-order valence-electron chi connectivity index (χ1n) is 6.91. The van der Waals surface area contributed by atoms with Crippen molar-refractivity contribution in [2.45, 2.75) is 25.7 Å². The van der Waals surface area contributed by atoms with E-state index in [1.807, 2.05) is 24.3 Å². The summed E-state index contributed by atoms with van der Waals surface area (Å²) in [6.45, 7) is 3.12. The zero-order valence-electron chi connectivity index (χ0n) is 11.3. The molecule has 0 unspecified atom stereocenters. The molecular weight excluding hydrogens is 224 g/mol. The highest BCUT2D eigenvalue weighted by Gasteiger charge is 2.18. The van der Waals surface area contributed by atoms with E-state index in [0.29, 0.717) is 0 Å². The molecule has 0 amide bonds. The molecule has 0 bridgehead atoms. The van der Waals surface area contributed by atoms with E-state index in [-0.39, 0.29) is 0 Å². The van der Waals surface area contributed by atoms with E-state index in [0.717, 1.165) is 36.9 Å². The molecule has 0 aromatic heterocycles. The third-order valence-corrected chi connectivity index (χ3v) is 3.61. The SMILES string of the molecule is CN(CCCOc1cccc(N)c1)CC1CCC1. The number of nitrogens with two attached hydrogens (primary N) is 1. The van der Waals surface area contributed by atoms with Crippen LogP contribution in [0, 0.1) is 5.92 Å². The minimum Gasteiger partial charge on any atom is -0.493 e. The average molecular weight is 248 g/mol. The molecule has 18 heavy (non-hydrogen) atoms. The van der Waals surface area contributed by atoms with Gasteiger partial charge >= 0.3 is 0 Å². The Bertz CT molecular complexity index is 363. The molecular formula is C15H24N2O. The number of anilines is 1. The fourth-order valence-electron chi connectivity index (χ4n) is 2.34. The molecule has 0 heterocycles. The number of benzene rings is 1. The highest BCUT2D eigenvalue weighted by molar-refractivity contribution is 5.43. The Labute approximate surface area is 110 Å². The molecule has 0 atom stereocenters. The van der Waals surface area contributed by atoms with Crippen molar-refractivity contribution in [2.75, 3.05) is 32.5 Å². The lowest BCUT2D eigenvalue weighted by molar-refractivity contribution is 0.192. The Morgan fingerprint density at radius 2 is 2.22 bits per heavy atom. The van der Waals surface area contributed by atoms with Gasteiger partial charge in [0.05, 0.1) is 6.61 Å². The minimum absolute atomic E-state index is 0.759. The van der Waals surface area contributed by atoms with Crippen LogP contribution in [-0.2, 0) is 0 Å². The van der Waals surface area contributed by atoms with Crippen molar-refractivity contribution in [3.05, 3.63) is 24.3 Å². The highest BCUT2D eigenvalue weighted by Crippen LogP contribution is 2.26. The maximum atomic E-state index is 5.70. The average Bonchev–Trinajstić information content (AvgIpc) is 2.30. The predicted octanol–water partition coefficient (Wildman–Crippen LogP) is 2.77. The van der Waals surface area contributed by atoms with Gasteiger partial charge in [0, 0.05) is 24.8 Å². The topological polar surface area (TPSA) is 38.5 Å². The summed E-state index contributed by atoms with van der Waals surface area (Å²) < 4.78 is 5.68. The van der Waals surface area contributed by atoms with Gasteiger partial charge in [0.15, 0.2) is 0 Å². The summed E-state index contributed by atoms with van der Waals surface area (Å²) in [6.07, 6.45) is 5.34. The zero-order chi connectivity index (χ0) is 12.8. The predicted molar refractivity (Wildman–Crippen MR) is 75.8 cm³/mol. The molecule has 1 aromatic carbocycles. The van der Waals surface area contributed by atoms with Crippen LogP contribution >= 0.6 is 0 Å². The summed E-state index contributed by atoms with van der Waals surface area (Å²) in [5.74, 6) is 1.82. The van der Waals surface area contributed by atoms with Crippen LogP contribution in [0.25, 0.3) is 0 Å². The van der Waals surface area contributed by atoms with Crippen LogP contribution < -0.4 is 10.5 Å². The van der Waals surface area contributed by atoms with E-state index < -0.39 is 0 Å². The van der Waals surface area contributed by atoms with Crippen molar-refractivity contribution >= 4 is 5.69 Å². The molecule has 2 N–H and O–H groups in total. The van der Waals surface area contributed by atoms with Crippen LogP contribution in [-0.4, -0.2) is 31.6 Å². The van der Waals surface area contributed by atoms with Crippen molar-refractivity contribution in [1.29, 1.82) is 0 Å². The second-order valence-corrected chi connectivity index (χ2v) is 5.33. The van der Waals surface area contributed by atoms with E-state index in [1.54, 1.807) is 0 Å². The van der Waals surface area contributed by atoms with Crippen molar-refractivity contribution in [2.24, 2.45) is 5.92 Å². The molecule has 0 radical (unpaired) electrons. The van der Waals surface area contributed by atoms with Gasteiger partial charge in [-0.05, 0) is 44.4 Å². The third kappa shape index (κ3) is 4.22. The Balaban J connectivity index is 1.57. The molecule has 100 valence electrons. The van der Waals surface area contributed by atoms with Crippen LogP contribution in [0.15, 0.2) is 24.3 Å². The Hall–Kier alpha value is -1.22. The quantitative estimate of drug-likeness (QED) is 0.595. The van der Waals surface area contributed by atoms with Crippen molar-refractivity contribution in [3.8, 4) is 5.75 Å². The van der Waals surface area contributed by atoms with Gasteiger partial charge in [-0.2, -0.15) is 0 Å². The molecule has 2 rings (SSSR count). The Morgan fingerprint density at radius 3 is 2.89 bits per heavy atom. The maximum Gasteiger partial charge on any atom is 0.121 e. The van der Waals surface area contributed by atoms with Crippen LogP contribution in [0.4, 0.5) is 5.69 Å². The van der Waals surface area contributed by atoms with Gasteiger partial charge in [0.2, 0.25) is 0 Å². The normalized spacial score (nSPS) is 15.7. The van der Waals surface area contributed by atoms with Gasteiger partial charge < -0.3 is 15.4 Å². The first kappa shape index (κ1) is 13.2. The van der Waals surface area contributed by atoms with E-state index in [4.69, 9.17) is 10.5 Å². The van der Waals surface area contributed by atoms with Crippen molar-refractivity contribution in [1.82, 2.24) is 4.90 Å². The van der Waals surface area contributed by atoms with Gasteiger partial charge in [0.1, 0.15) is 5.75 Å². The lowest BCUT2D eigenvalue weighted by atomic mass is 9.85. The third-order valence-electron chi connectivity index (χ3n) is 3.61. The van der Waals surface area contributed by atoms with Crippen LogP contribution in [0.2, 0.25) is 0 Å². The molecule has 1 aromatic rings. The van der Waals surface area contributed by atoms with Crippen LogP contribution in [0.1, 0.15) is 25.7 Å². The van der Waals surface area contributed by atoms with Gasteiger partial charge in [0.25, 0.3) is 0 Å². The largest absolute Gasteiger partial charge is 0.493 e. The molecule has 1 aliphatic carbocycles. The second kappa shape index (κ2) is 6.64. The zero-order valence-corrected chi connectivity index (χ0v) is 11.3. The van der Waals surface area contributed by atoms with Crippen LogP contribution in [0.3, 0.4) is 0 Å². The van der Waals surface area contributed by atoms with Gasteiger partial charge in [-0.3, -0.25) is 0 Å². The van der Waals surface area contributed by atoms with Crippen molar-refractivity contribution in [3.63, 3.8) is 0 Å². The van der Waals surface area contributed by atoms with Crippen molar-refractivity contribution < 1.29 is 4.74 Å². The Morgan fingerprint density at radius 1 is 1.39 bits per heavy atom. The summed E-state index contributed by atoms with van der Waals surface area (Å²) in [7, 11) is 2.21. The number of rotatable bonds is 7. The summed E-state index contributed by atoms with van der Waals surface area (Å²) in [4.78, 5) is 2.42. The molecule has 3 heteroatoms. The minimum atomic E-state index is 0.759. The Kier molecular flexibility index (Phi) is 4.88. The fourth-order valence-corrected chi connectivity index (χ4v) is 2.34.